The molecule has 24 valence electrons. The van der Waals surface area contributed by atoms with Crippen molar-refractivity contribution in [3.05, 3.63) is 10.1 Å². The molecule has 0 aromatic heterocycles. The molecule has 5 heavy (non-hydrogen) atoms. The quantitative estimate of drug-likeness (QED) is 0.291. The zero-order chi connectivity index (χ0) is 3.58. The Bertz CT molecular complexity index is 33.8. The average molecular weight is 149 g/mol. The van der Waals surface area contributed by atoms with Crippen LogP contribution >= 0.6 is 0 Å². The fraction of sp³-hybridized carbons (Fsp3) is 0. The molecular weight excluding hydrogens is 147 g/mol. The molecule has 0 bridgehead atoms. The summed E-state index contributed by atoms with van der Waals surface area (Å²) >= 11 is 0. The van der Waals surface area contributed by atoms with Crippen LogP contribution in [-0.4, -0.2) is 10.3 Å². The molecule has 0 aromatic carbocycles. The van der Waals surface area contributed by atoms with Crippen molar-refractivity contribution in [2.75, 3.05) is 0 Å². The van der Waals surface area contributed by atoms with E-state index in [1.807, 2.05) is 0 Å². The van der Waals surface area contributed by atoms with Crippen molar-refractivity contribution in [1.29, 1.82) is 0 Å². The van der Waals surface area contributed by atoms with Gasteiger partial charge in [-0.15, -0.1) is 10.1 Å². The molecule has 0 saturated heterocycles. The Morgan fingerprint density at radius 3 is 2.00 bits per heavy atom. The molecule has 0 aliphatic heterocycles. The first-order valence-corrected chi connectivity index (χ1v) is 0.565. The summed E-state index contributed by atoms with van der Waals surface area (Å²) in [6.07, 6.45) is 0. The number of hydrogen-bond donors (Lipinski definition) is 1. The minimum absolute atomic E-state index is 0. The summed E-state index contributed by atoms with van der Waals surface area (Å²) in [5, 5.41) is 13.6. The van der Waals surface area contributed by atoms with Gasteiger partial charge in [-0.1, -0.05) is 0 Å². The zero-order valence-electron chi connectivity index (χ0n) is 3.71. The van der Waals surface area contributed by atoms with Crippen molar-refractivity contribution in [3.8, 4) is 0 Å². The van der Waals surface area contributed by atoms with Crippen LogP contribution in [0.15, 0.2) is 0 Å². The zero-order valence-corrected chi connectivity index (χ0v) is 7.63. The molecule has 0 aliphatic rings. The van der Waals surface area contributed by atoms with Crippen LogP contribution in [0.2, 0.25) is 0 Å². The fourth-order valence-electron chi connectivity index (χ4n) is 0. The van der Waals surface area contributed by atoms with Gasteiger partial charge in [0.2, 0.25) is 0 Å². The molecule has 1 N–H and O–H groups in total. The van der Waals surface area contributed by atoms with Crippen molar-refractivity contribution in [1.82, 2.24) is 0 Å². The maximum Gasteiger partial charge on any atom is 1.00 e. The molecule has 0 radical (unpaired) electrons. The van der Waals surface area contributed by atoms with Crippen molar-refractivity contribution in [2.24, 2.45) is 0 Å². The van der Waals surface area contributed by atoms with E-state index in [2.05, 4.69) is 0 Å². The van der Waals surface area contributed by atoms with Crippen LogP contribution in [0.1, 0.15) is 1.43 Å². The first kappa shape index (κ1) is 9.38. The van der Waals surface area contributed by atoms with E-state index in [-0.39, 0.29) is 59.6 Å². The molecule has 0 atom stereocenters. The summed E-state index contributed by atoms with van der Waals surface area (Å²) in [5.41, 5.74) is 0. The third-order valence-electron chi connectivity index (χ3n) is 0. The Hall–Kier alpha value is 1.01. The van der Waals surface area contributed by atoms with E-state index in [9.17, 15) is 0 Å². The van der Waals surface area contributed by atoms with E-state index in [0.29, 0.717) is 0 Å². The number of hydrogen-bond acceptors (Lipinski definition) is 2. The third kappa shape index (κ3) is 44.7. The van der Waals surface area contributed by atoms with E-state index in [4.69, 9.17) is 15.3 Å². The Morgan fingerprint density at radius 1 is 2.00 bits per heavy atom. The summed E-state index contributed by atoms with van der Waals surface area (Å²) in [6.45, 7) is 0. The summed E-state index contributed by atoms with van der Waals surface area (Å²) in [6, 6.07) is 0. The van der Waals surface area contributed by atoms with Gasteiger partial charge in [0.15, 0.2) is 0 Å². The van der Waals surface area contributed by atoms with Crippen molar-refractivity contribution in [3.63, 3.8) is 0 Å². The van der Waals surface area contributed by atoms with Gasteiger partial charge >= 0.3 is 59.6 Å². The normalized spacial score (nSPS) is 4.80. The summed E-state index contributed by atoms with van der Waals surface area (Å²) in [4.78, 5) is 8.36. The van der Waals surface area contributed by atoms with Gasteiger partial charge < -0.3 is 5.21 Å². The van der Waals surface area contributed by atoms with Gasteiger partial charge in [-0.25, -0.2) is 0 Å². The largest absolute Gasteiger partial charge is 1.00 e. The van der Waals surface area contributed by atoms with Crippen LogP contribution in [-0.2, 0) is 0 Å². The maximum absolute atomic E-state index is 8.36. The van der Waals surface area contributed by atoms with Crippen molar-refractivity contribution >= 4 is 0 Å². The summed E-state index contributed by atoms with van der Waals surface area (Å²) in [5.74, 6) is 0. The Morgan fingerprint density at radius 2 is 2.00 bits per heavy atom. The number of nitrogens with zero attached hydrogens (tertiary/aromatic N) is 1. The van der Waals surface area contributed by atoms with Crippen LogP contribution in [0.25, 0.3) is 0 Å². The molecule has 0 fully saturated rings. The van der Waals surface area contributed by atoms with Gasteiger partial charge in [-0.2, -0.15) is 0 Å². The van der Waals surface area contributed by atoms with Gasteiger partial charge in [0.05, 0.1) is 0 Å². The molecule has 0 heterocycles. The van der Waals surface area contributed by atoms with E-state index in [0.717, 1.165) is 0 Å². The minimum Gasteiger partial charge on any atom is -0.328 e. The first-order chi connectivity index (χ1) is 1.73. The molecule has 0 amide bonds. The minimum atomic E-state index is -1.50. The van der Waals surface area contributed by atoms with Crippen LogP contribution in [0.5, 0.6) is 0 Å². The second-order valence-corrected chi connectivity index (χ2v) is 0.238. The number of rotatable bonds is 0. The third-order valence-corrected chi connectivity index (χ3v) is 0. The van der Waals surface area contributed by atoms with Gasteiger partial charge in [-0.3, -0.25) is 0 Å². The predicted octanol–water partition coefficient (Wildman–Crippen LogP) is -3.23. The Labute approximate surface area is 78.6 Å². The van der Waals surface area contributed by atoms with E-state index >= 15 is 0 Å². The molecule has 0 saturated carbocycles. The summed E-state index contributed by atoms with van der Waals surface area (Å²) in [7, 11) is 0. The second kappa shape index (κ2) is 5.01. The van der Waals surface area contributed by atoms with Crippen LogP contribution in [0.4, 0.5) is 0 Å². The summed E-state index contributed by atoms with van der Waals surface area (Å²) < 4.78 is 0. The smallest absolute Gasteiger partial charge is 0.328 e. The van der Waals surface area contributed by atoms with E-state index < -0.39 is 5.09 Å². The molecule has 5 heteroatoms. The van der Waals surface area contributed by atoms with Gasteiger partial charge in [0.1, 0.15) is 0 Å². The van der Waals surface area contributed by atoms with Crippen LogP contribution in [0.3, 0.4) is 0 Å². The fourth-order valence-corrected chi connectivity index (χ4v) is 0. The van der Waals surface area contributed by atoms with Crippen LogP contribution < -0.4 is 58.2 Å². The van der Waals surface area contributed by atoms with Crippen LogP contribution in [0, 0.1) is 10.1 Å². The topological polar surface area (TPSA) is 63.4 Å². The first-order valence-electron chi connectivity index (χ1n) is 0.565. The molecular formula is H2NO3Rb+2. The Kier molecular flexibility index (Phi) is 9.39. The van der Waals surface area contributed by atoms with Gasteiger partial charge in [0.25, 0.3) is 5.09 Å². The molecule has 0 unspecified atom stereocenters. The molecule has 0 aliphatic carbocycles. The second-order valence-electron chi connectivity index (χ2n) is 0.238. The standard InChI is InChI=1S/HNO3.Rb/c2-1(3)4;/h(H,2,3,4);/q;+1/p+1. The van der Waals surface area contributed by atoms with E-state index in [1.165, 1.54) is 0 Å². The predicted molar refractivity (Wildman–Crippen MR) is 9.89 cm³/mol. The van der Waals surface area contributed by atoms with E-state index in [1.54, 1.807) is 0 Å². The molecule has 0 aromatic rings. The average Bonchev–Trinajstić information content (AvgIpc) is 0.811. The monoisotopic (exact) mass is 149 g/mol. The Balaban J connectivity index is -0.0000000450. The maximum atomic E-state index is 8.36. The molecule has 0 spiro atoms. The molecule has 4 nitrogen and oxygen atoms in total. The van der Waals surface area contributed by atoms with Crippen molar-refractivity contribution < 1.29 is 69.9 Å². The molecule has 0 rings (SSSR count). The van der Waals surface area contributed by atoms with Crippen molar-refractivity contribution in [2.45, 2.75) is 0 Å². The van der Waals surface area contributed by atoms with Gasteiger partial charge in [0, 0.05) is 0 Å². The van der Waals surface area contributed by atoms with Gasteiger partial charge in [-0.05, 0) is 0 Å². The SMILES string of the molecule is O=[N+]([O-])O.[H+].[Rb+].